The number of fused-ring (bicyclic) bond motifs is 2. The molecule has 43 heavy (non-hydrogen) atoms. The lowest BCUT2D eigenvalue weighted by Crippen LogP contribution is -2.66. The molecule has 8 atom stereocenters. The molecule has 5 aliphatic heterocycles. The van der Waals surface area contributed by atoms with Crippen LogP contribution in [0.2, 0.25) is 0 Å². The van der Waals surface area contributed by atoms with Crippen LogP contribution in [0.1, 0.15) is 33.1 Å². The highest BCUT2D eigenvalue weighted by Gasteiger charge is 2.60. The minimum absolute atomic E-state index is 0.00576. The summed E-state index contributed by atoms with van der Waals surface area (Å²) in [6.45, 7) is 8.48. The average molecular weight is 617 g/mol. The Kier molecular flexibility index (Phi) is 8.45. The number of nitrogens with zero attached hydrogens (tertiary/aromatic N) is 7. The second-order valence-corrected chi connectivity index (χ2v) is 13.7. The molecule has 0 bridgehead atoms. The largest absolute Gasteiger partial charge is 0.477 e. The fraction of sp³-hybridized carbons (Fsp3) is 0.741. The number of thioether (sulfide) groups is 1. The quantitative estimate of drug-likeness (QED) is 0.218. The number of rotatable bonds is 10. The van der Waals surface area contributed by atoms with Gasteiger partial charge in [-0.15, -0.1) is 16.9 Å². The van der Waals surface area contributed by atoms with Gasteiger partial charge in [-0.3, -0.25) is 14.4 Å². The molecule has 0 aliphatic carbocycles. The number of amides is 3. The molecule has 16 heteroatoms. The summed E-state index contributed by atoms with van der Waals surface area (Å²) in [5.74, 6) is -1.92. The summed E-state index contributed by atoms with van der Waals surface area (Å²) in [4.78, 5) is 58.3. The lowest BCUT2D eigenvalue weighted by Gasteiger charge is -2.47. The van der Waals surface area contributed by atoms with Gasteiger partial charge in [0.2, 0.25) is 17.7 Å². The van der Waals surface area contributed by atoms with Crippen LogP contribution in [0.4, 0.5) is 0 Å². The van der Waals surface area contributed by atoms with Gasteiger partial charge in [0.25, 0.3) is 0 Å². The first kappa shape index (κ1) is 30.0. The second kappa shape index (κ2) is 12.1. The molecular formula is C27H40N10O5S. The first-order valence-electron chi connectivity index (χ1n) is 15.1. The summed E-state index contributed by atoms with van der Waals surface area (Å²) in [6.07, 6.45) is 3.91. The van der Waals surface area contributed by atoms with Crippen LogP contribution in [0.25, 0.3) is 0 Å². The molecule has 0 radical (unpaired) electrons. The van der Waals surface area contributed by atoms with Crippen LogP contribution in [0, 0.1) is 17.8 Å². The van der Waals surface area contributed by atoms with E-state index in [1.807, 2.05) is 6.92 Å². The number of carbonyl (C=O) groups is 4. The van der Waals surface area contributed by atoms with Crippen molar-refractivity contribution in [2.45, 2.75) is 69.1 Å². The minimum atomic E-state index is -1.14. The normalized spacial score (nSPS) is 32.9. The van der Waals surface area contributed by atoms with Crippen LogP contribution in [-0.4, -0.2) is 132 Å². The first-order chi connectivity index (χ1) is 20.7. The summed E-state index contributed by atoms with van der Waals surface area (Å²) in [7, 11) is 0. The van der Waals surface area contributed by atoms with E-state index >= 15 is 0 Å². The molecule has 6 heterocycles. The van der Waals surface area contributed by atoms with Gasteiger partial charge in [0.15, 0.2) is 0 Å². The smallest absolute Gasteiger partial charge is 0.353 e. The highest BCUT2D eigenvalue weighted by Crippen LogP contribution is 2.52. The third kappa shape index (κ3) is 5.53. The van der Waals surface area contributed by atoms with E-state index < -0.39 is 17.9 Å². The van der Waals surface area contributed by atoms with Crippen molar-refractivity contribution >= 4 is 35.5 Å². The zero-order valence-corrected chi connectivity index (χ0v) is 25.3. The van der Waals surface area contributed by atoms with E-state index in [9.17, 15) is 24.3 Å². The van der Waals surface area contributed by atoms with Crippen molar-refractivity contribution in [3.8, 4) is 0 Å². The first-order valence-corrected chi connectivity index (χ1v) is 16.0. The maximum Gasteiger partial charge on any atom is 0.353 e. The maximum absolute atomic E-state index is 13.6. The van der Waals surface area contributed by atoms with Crippen molar-refractivity contribution < 1.29 is 24.3 Å². The molecule has 3 unspecified atom stereocenters. The molecule has 0 aromatic carbocycles. The Bertz CT molecular complexity index is 1290. The van der Waals surface area contributed by atoms with Gasteiger partial charge in [0.1, 0.15) is 18.6 Å². The van der Waals surface area contributed by atoms with Crippen molar-refractivity contribution in [1.29, 1.82) is 0 Å². The maximum atomic E-state index is 13.6. The summed E-state index contributed by atoms with van der Waals surface area (Å²) in [6, 6.07) is -0.886. The zero-order chi connectivity index (χ0) is 30.4. The molecule has 0 saturated carbocycles. The van der Waals surface area contributed by atoms with Gasteiger partial charge in [0, 0.05) is 67.4 Å². The molecule has 5 N–H and O–H groups in total. The Morgan fingerprint density at radius 1 is 1.28 bits per heavy atom. The standard InChI is InChI=1S/C27H40N10O5S/c1-14-22-21(15(2)31-20(38)12-35-13-30-32-33-35)26(40)37(22)23(27(41)42)24(14)43-17-9-18(29-10-17)25(39)36-7-3-16-11-34(8-5-28)6-4-19(16)36/h13-19,21-22,29H,3-12,28H2,1-2H3,(H,31,38)(H,41,42)/t14-,15?,16?,17+,18+,19?,21-,22-/m1/s1. The molecule has 4 fully saturated rings. The predicted octanol–water partition coefficient (Wildman–Crippen LogP) is -1.70. The monoisotopic (exact) mass is 616 g/mol. The van der Waals surface area contributed by atoms with E-state index in [1.54, 1.807) is 6.92 Å². The number of carboxylic acids is 1. The van der Waals surface area contributed by atoms with Crippen molar-refractivity contribution in [1.82, 2.24) is 45.5 Å². The lowest BCUT2D eigenvalue weighted by molar-refractivity contribution is -0.158. The summed E-state index contributed by atoms with van der Waals surface area (Å²) in [5, 5.41) is 27.1. The fourth-order valence-corrected chi connectivity index (χ4v) is 9.24. The van der Waals surface area contributed by atoms with E-state index in [-0.39, 0.29) is 59.3 Å². The number of hydrogen-bond acceptors (Lipinski definition) is 11. The van der Waals surface area contributed by atoms with E-state index in [0.29, 0.717) is 30.3 Å². The Balaban J connectivity index is 1.07. The number of aromatic nitrogens is 4. The minimum Gasteiger partial charge on any atom is -0.477 e. The number of carbonyl (C=O) groups excluding carboxylic acids is 3. The number of likely N-dealkylation sites (tertiary alicyclic amines) is 2. The summed E-state index contributed by atoms with van der Waals surface area (Å²) < 4.78 is 1.29. The van der Waals surface area contributed by atoms with Gasteiger partial charge in [-0.05, 0) is 42.5 Å². The van der Waals surface area contributed by atoms with Crippen molar-refractivity contribution in [3.63, 3.8) is 0 Å². The molecule has 5 aliphatic rings. The van der Waals surface area contributed by atoms with E-state index in [2.05, 4.69) is 36.0 Å². The molecule has 0 spiro atoms. The van der Waals surface area contributed by atoms with Crippen molar-refractivity contribution in [2.24, 2.45) is 23.5 Å². The molecule has 4 saturated heterocycles. The van der Waals surface area contributed by atoms with Crippen LogP contribution < -0.4 is 16.4 Å². The number of β-lactam (4-membered cyclic amide) rings is 1. The molecule has 15 nitrogen and oxygen atoms in total. The van der Waals surface area contributed by atoms with Gasteiger partial charge in [-0.1, -0.05) is 6.92 Å². The van der Waals surface area contributed by atoms with Gasteiger partial charge in [-0.25, -0.2) is 9.48 Å². The third-order valence-electron chi connectivity index (χ3n) is 9.75. The van der Waals surface area contributed by atoms with Gasteiger partial charge < -0.3 is 36.2 Å². The summed E-state index contributed by atoms with van der Waals surface area (Å²) >= 11 is 1.47. The number of nitrogens with one attached hydrogen (secondary N) is 2. The predicted molar refractivity (Wildman–Crippen MR) is 155 cm³/mol. The third-order valence-corrected chi connectivity index (χ3v) is 11.3. The number of piperidine rings is 1. The molecular weight excluding hydrogens is 576 g/mol. The Hall–Kier alpha value is -3.08. The second-order valence-electron chi connectivity index (χ2n) is 12.4. The lowest BCUT2D eigenvalue weighted by atomic mass is 9.78. The van der Waals surface area contributed by atoms with Gasteiger partial charge >= 0.3 is 5.97 Å². The van der Waals surface area contributed by atoms with E-state index in [0.717, 1.165) is 39.0 Å². The van der Waals surface area contributed by atoms with Crippen LogP contribution in [-0.2, 0) is 25.7 Å². The number of aliphatic carboxylic acids is 1. The van der Waals surface area contributed by atoms with Crippen LogP contribution in [0.5, 0.6) is 0 Å². The molecule has 234 valence electrons. The van der Waals surface area contributed by atoms with E-state index in [1.165, 1.54) is 27.7 Å². The Morgan fingerprint density at radius 2 is 2.09 bits per heavy atom. The van der Waals surface area contributed by atoms with Crippen LogP contribution >= 0.6 is 11.8 Å². The number of hydrogen-bond donors (Lipinski definition) is 4. The van der Waals surface area contributed by atoms with Crippen molar-refractivity contribution in [3.05, 3.63) is 16.9 Å². The highest BCUT2D eigenvalue weighted by molar-refractivity contribution is 8.03. The Labute approximate surface area is 253 Å². The molecule has 3 amide bonds. The Morgan fingerprint density at radius 3 is 2.81 bits per heavy atom. The van der Waals surface area contributed by atoms with Gasteiger partial charge in [0.05, 0.1) is 18.0 Å². The van der Waals surface area contributed by atoms with Crippen LogP contribution in [0.3, 0.4) is 0 Å². The number of tetrazole rings is 1. The average Bonchev–Trinajstić information content (AvgIpc) is 3.76. The topological polar surface area (TPSA) is 192 Å². The zero-order valence-electron chi connectivity index (χ0n) is 24.5. The number of carboxylic acid groups (broad SMARTS) is 1. The summed E-state index contributed by atoms with van der Waals surface area (Å²) in [5.41, 5.74) is 5.78. The van der Waals surface area contributed by atoms with Crippen LogP contribution in [0.15, 0.2) is 16.9 Å². The van der Waals surface area contributed by atoms with E-state index in [4.69, 9.17) is 5.73 Å². The van der Waals surface area contributed by atoms with Crippen molar-refractivity contribution in [2.75, 3.05) is 39.3 Å². The SMILES string of the molecule is CC(NC(=O)Cn1cnnn1)[C@H]1C(=O)N2C(C(=O)O)=C(S[C@@H]3CN[C@H](C(=O)N4CCC5CN(CCN)CCC54)C3)[C@H](C)[C@H]12. The molecule has 1 aromatic heterocycles. The highest BCUT2D eigenvalue weighted by atomic mass is 32.2. The van der Waals surface area contributed by atoms with Gasteiger partial charge in [-0.2, -0.15) is 0 Å². The number of nitrogens with two attached hydrogens (primary N) is 1. The molecule has 6 rings (SSSR count). The fourth-order valence-electron chi connectivity index (χ4n) is 7.77. The molecule has 1 aromatic rings.